The van der Waals surface area contributed by atoms with Gasteiger partial charge in [-0.15, -0.1) is 0 Å². The van der Waals surface area contributed by atoms with Crippen molar-refractivity contribution < 1.29 is 54.8 Å². The maximum atomic E-state index is 12.6. The molecule has 0 aromatic carbocycles. The highest BCUT2D eigenvalue weighted by Gasteiger charge is 2.68. The maximum Gasteiger partial charge on any atom is 0.335 e. The summed E-state index contributed by atoms with van der Waals surface area (Å²) in [5.74, 6) is -1.65. The van der Waals surface area contributed by atoms with Crippen LogP contribution in [0.2, 0.25) is 0 Å². The Labute approximate surface area is 221 Å². The molecule has 0 aromatic heterocycles. The number of fused-ring (bicyclic) bond motifs is 5. The number of carbonyl (C=O) groups excluding carboxylic acids is 1. The van der Waals surface area contributed by atoms with Crippen LogP contribution in [0.4, 0.5) is 0 Å². The molecule has 5 rings (SSSR count). The molecule has 14 atom stereocenters. The fourth-order valence-electron chi connectivity index (χ4n) is 9.42. The Morgan fingerprint density at radius 3 is 2.34 bits per heavy atom. The van der Waals surface area contributed by atoms with E-state index in [0.29, 0.717) is 32.1 Å². The molecule has 5 fully saturated rings. The summed E-state index contributed by atoms with van der Waals surface area (Å²) in [6.45, 7) is 3.37. The molecule has 1 saturated heterocycles. The molecule has 11 nitrogen and oxygen atoms in total. The van der Waals surface area contributed by atoms with Gasteiger partial charge in [0.25, 0.3) is 0 Å². The Morgan fingerprint density at radius 1 is 0.974 bits per heavy atom. The molecule has 14 unspecified atom stereocenters. The van der Waals surface area contributed by atoms with Crippen molar-refractivity contribution >= 4 is 11.8 Å². The summed E-state index contributed by atoms with van der Waals surface area (Å²) in [6.07, 6.45) is -4.37. The molecule has 4 saturated carbocycles. The van der Waals surface area contributed by atoms with E-state index in [1.54, 1.807) is 0 Å². The lowest BCUT2D eigenvalue weighted by Crippen LogP contribution is -2.63. The average Bonchev–Trinajstić information content (AvgIpc) is 3.14. The minimum atomic E-state index is -1.77. The van der Waals surface area contributed by atoms with Crippen LogP contribution in [0.5, 0.6) is 0 Å². The van der Waals surface area contributed by atoms with Crippen LogP contribution in [0.25, 0.3) is 0 Å². The fraction of sp³-hybridized carbons (Fsp3) is 0.926. The first-order valence-corrected chi connectivity index (χ1v) is 13.9. The van der Waals surface area contributed by atoms with Crippen LogP contribution in [0, 0.1) is 34.5 Å². The van der Waals surface area contributed by atoms with Gasteiger partial charge < -0.3 is 45.2 Å². The number of ether oxygens (including phenoxy) is 2. The molecule has 0 radical (unpaired) electrons. The van der Waals surface area contributed by atoms with Gasteiger partial charge in [-0.25, -0.2) is 4.79 Å². The quantitative estimate of drug-likeness (QED) is 0.223. The second-order valence-corrected chi connectivity index (χ2v) is 13.0. The molecule has 5 aliphatic rings. The van der Waals surface area contributed by atoms with Crippen LogP contribution in [-0.2, 0) is 19.1 Å². The average molecular weight is 543 g/mol. The van der Waals surface area contributed by atoms with Gasteiger partial charge in [-0.05, 0) is 80.5 Å². The largest absolute Gasteiger partial charge is 0.479 e. The molecule has 7 N–H and O–H groups in total. The van der Waals surface area contributed by atoms with E-state index in [9.17, 15) is 45.3 Å². The number of ketones is 1. The molecule has 0 bridgehead atoms. The van der Waals surface area contributed by atoms with Crippen molar-refractivity contribution in [2.45, 2.75) is 114 Å². The van der Waals surface area contributed by atoms with Gasteiger partial charge in [0.15, 0.2) is 18.2 Å². The molecule has 4 aliphatic carbocycles. The van der Waals surface area contributed by atoms with Crippen LogP contribution in [0.3, 0.4) is 0 Å². The second-order valence-electron chi connectivity index (χ2n) is 13.0. The first-order valence-electron chi connectivity index (χ1n) is 13.9. The van der Waals surface area contributed by atoms with Crippen molar-refractivity contribution in [2.75, 3.05) is 6.61 Å². The zero-order valence-electron chi connectivity index (χ0n) is 22.0. The van der Waals surface area contributed by atoms with E-state index in [1.165, 1.54) is 0 Å². The van der Waals surface area contributed by atoms with Crippen molar-refractivity contribution in [3.05, 3.63) is 0 Å². The second kappa shape index (κ2) is 9.73. The van der Waals surface area contributed by atoms with Crippen molar-refractivity contribution in [2.24, 2.45) is 34.5 Å². The minimum absolute atomic E-state index is 0.0169. The number of carboxylic acids is 1. The number of carbonyl (C=O) groups is 2. The summed E-state index contributed by atoms with van der Waals surface area (Å²) >= 11 is 0. The zero-order chi connectivity index (χ0) is 27.8. The van der Waals surface area contributed by atoms with Crippen LogP contribution in [0.15, 0.2) is 0 Å². The summed E-state index contributed by atoms with van der Waals surface area (Å²) in [5, 5.41) is 72.2. The lowest BCUT2D eigenvalue weighted by molar-refractivity contribution is -0.310. The number of hydrogen-bond donors (Lipinski definition) is 7. The van der Waals surface area contributed by atoms with E-state index in [1.807, 2.05) is 6.92 Å². The van der Waals surface area contributed by atoms with Crippen LogP contribution < -0.4 is 0 Å². The third-order valence-electron chi connectivity index (χ3n) is 11.4. The molecule has 38 heavy (non-hydrogen) atoms. The van der Waals surface area contributed by atoms with Gasteiger partial charge in [-0.1, -0.05) is 13.8 Å². The first kappa shape index (κ1) is 28.4. The van der Waals surface area contributed by atoms with E-state index in [-0.39, 0.29) is 35.2 Å². The Morgan fingerprint density at radius 2 is 1.68 bits per heavy atom. The Hall–Kier alpha value is -1.18. The van der Waals surface area contributed by atoms with Crippen LogP contribution >= 0.6 is 0 Å². The smallest absolute Gasteiger partial charge is 0.335 e. The number of rotatable bonds is 5. The number of aliphatic hydroxyl groups is 6. The summed E-state index contributed by atoms with van der Waals surface area (Å²) in [6, 6.07) is 0. The third kappa shape index (κ3) is 4.00. The number of aliphatic hydroxyl groups excluding tert-OH is 5. The normalized spacial score (nSPS) is 54.5. The first-order chi connectivity index (χ1) is 17.8. The molecule has 0 spiro atoms. The van der Waals surface area contributed by atoms with Gasteiger partial charge in [-0.3, -0.25) is 4.79 Å². The van der Waals surface area contributed by atoms with E-state index in [0.717, 1.165) is 19.3 Å². The number of aliphatic carboxylic acids is 1. The van der Waals surface area contributed by atoms with Gasteiger partial charge in [0.2, 0.25) is 0 Å². The molecule has 0 amide bonds. The molecular weight excluding hydrogens is 500 g/mol. The molecule has 0 aromatic rings. The molecule has 216 valence electrons. The SMILES string of the molecule is CC12CCC(OC3OC(C(=O)O)C(O)C(O)C3O)CC1CCC1C2C(O)CC2(C)C1CCC2(O)C(=O)CO. The molecule has 1 aliphatic heterocycles. The van der Waals surface area contributed by atoms with Crippen LogP contribution in [0.1, 0.15) is 65.2 Å². The summed E-state index contributed by atoms with van der Waals surface area (Å²) in [7, 11) is 0. The van der Waals surface area contributed by atoms with Gasteiger partial charge in [-0.2, -0.15) is 0 Å². The van der Waals surface area contributed by atoms with Crippen molar-refractivity contribution in [1.82, 2.24) is 0 Å². The lowest BCUT2D eigenvalue weighted by Gasteiger charge is -2.63. The van der Waals surface area contributed by atoms with Gasteiger partial charge in [0.1, 0.15) is 30.5 Å². The standard InChI is InChI=1S/C27H42O11/c1-25-7-5-13(37-24-21(33)19(31)20(32)22(38-24)23(34)35)9-12(25)3-4-14-15-6-8-27(36,17(30)11-28)26(15,2)10-16(29)18(14)25/h12-16,18-22,24,28-29,31-33,36H,3-11H2,1-2H3,(H,34,35). The molecule has 11 heteroatoms. The minimum Gasteiger partial charge on any atom is -0.479 e. The monoisotopic (exact) mass is 542 g/mol. The van der Waals surface area contributed by atoms with E-state index in [4.69, 9.17) is 9.47 Å². The molecular formula is C27H42O11. The highest BCUT2D eigenvalue weighted by molar-refractivity contribution is 5.89. The van der Waals surface area contributed by atoms with Gasteiger partial charge in [0.05, 0.1) is 12.2 Å². The van der Waals surface area contributed by atoms with Crippen LogP contribution in [-0.4, -0.2) is 103 Å². The highest BCUT2D eigenvalue weighted by atomic mass is 16.7. The summed E-state index contributed by atoms with van der Waals surface area (Å²) in [4.78, 5) is 24.0. The predicted octanol–water partition coefficient (Wildman–Crippen LogP) is -0.430. The molecule has 1 heterocycles. The van der Waals surface area contributed by atoms with E-state index in [2.05, 4.69) is 6.92 Å². The van der Waals surface area contributed by atoms with E-state index < -0.39 is 66.2 Å². The van der Waals surface area contributed by atoms with Gasteiger partial charge >= 0.3 is 5.97 Å². The van der Waals surface area contributed by atoms with E-state index >= 15 is 0 Å². The third-order valence-corrected chi connectivity index (χ3v) is 11.4. The summed E-state index contributed by atoms with van der Waals surface area (Å²) in [5.41, 5.74) is -2.64. The van der Waals surface area contributed by atoms with Gasteiger partial charge in [0, 0.05) is 5.41 Å². The van der Waals surface area contributed by atoms with Crippen molar-refractivity contribution in [3.8, 4) is 0 Å². The maximum absolute atomic E-state index is 12.6. The Kier molecular flexibility index (Phi) is 7.26. The van der Waals surface area contributed by atoms with Crippen molar-refractivity contribution in [1.29, 1.82) is 0 Å². The topological polar surface area (TPSA) is 194 Å². The fourth-order valence-corrected chi connectivity index (χ4v) is 9.42. The lowest BCUT2D eigenvalue weighted by atomic mass is 9.43. The predicted molar refractivity (Wildman–Crippen MR) is 129 cm³/mol. The highest BCUT2D eigenvalue weighted by Crippen LogP contribution is 2.68. The number of hydrogen-bond acceptors (Lipinski definition) is 10. The van der Waals surface area contributed by atoms with Crippen molar-refractivity contribution in [3.63, 3.8) is 0 Å². The summed E-state index contributed by atoms with van der Waals surface area (Å²) < 4.78 is 11.3. The zero-order valence-corrected chi connectivity index (χ0v) is 22.0. The number of carboxylic acid groups (broad SMARTS) is 1. The Bertz CT molecular complexity index is 944. The Balaban J connectivity index is 1.31. The number of Topliss-reactive ketones (excluding diaryl/α,β-unsaturated/α-hetero) is 1.